The molecule has 0 heterocycles. The maximum Gasteiger partial charge on any atom is 0.326 e. The molecule has 0 aliphatic heterocycles. The molecule has 0 saturated carbocycles. The highest BCUT2D eigenvalue weighted by Gasteiger charge is 2.22. The molecule has 5 N–H and O–H groups in total. The second kappa shape index (κ2) is 7.90. The van der Waals surface area contributed by atoms with Gasteiger partial charge >= 0.3 is 12.0 Å². The fraction of sp³-hybridized carbons (Fsp3) is 0.600. The van der Waals surface area contributed by atoms with Crippen LogP contribution in [0.5, 0.6) is 0 Å². The number of carboxylic acid groups (broad SMARTS) is 1. The summed E-state index contributed by atoms with van der Waals surface area (Å²) in [6, 6.07) is -1.95. The van der Waals surface area contributed by atoms with Crippen LogP contribution in [0.4, 0.5) is 4.79 Å². The number of carbonyl (C=O) groups is 4. The first-order valence-electron chi connectivity index (χ1n) is 5.51. The summed E-state index contributed by atoms with van der Waals surface area (Å²) in [6.07, 6.45) is -0.263. The molecule has 0 aliphatic rings. The summed E-state index contributed by atoms with van der Waals surface area (Å²) in [5.74, 6) is -2.32. The standard InChI is InChI=1S/C10H18N4O5/c1-12-8(16)5-14(2)10(19)13-6(9(17)18)3-4-7(11)15/h6H,3-5H2,1-2H3,(H2,11,15)(H,12,16)(H,13,19)(H,17,18)/t6-/m1/s1. The van der Waals surface area contributed by atoms with E-state index in [0.717, 1.165) is 4.90 Å². The summed E-state index contributed by atoms with van der Waals surface area (Å²) in [5.41, 5.74) is 4.91. The number of primary amides is 1. The van der Waals surface area contributed by atoms with Crippen LogP contribution in [0.15, 0.2) is 0 Å². The van der Waals surface area contributed by atoms with Crippen LogP contribution in [0, 0.1) is 0 Å². The highest BCUT2D eigenvalue weighted by Crippen LogP contribution is 1.98. The lowest BCUT2D eigenvalue weighted by atomic mass is 10.1. The van der Waals surface area contributed by atoms with Gasteiger partial charge in [0.15, 0.2) is 0 Å². The van der Waals surface area contributed by atoms with E-state index >= 15 is 0 Å². The second-order valence-electron chi connectivity index (χ2n) is 3.87. The number of carboxylic acids is 1. The first-order chi connectivity index (χ1) is 8.77. The van der Waals surface area contributed by atoms with Crippen LogP contribution in [0.2, 0.25) is 0 Å². The van der Waals surface area contributed by atoms with Crippen LogP contribution in [-0.4, -0.2) is 60.5 Å². The quantitative estimate of drug-likeness (QED) is 0.428. The van der Waals surface area contributed by atoms with Crippen molar-refractivity contribution in [2.75, 3.05) is 20.6 Å². The second-order valence-corrected chi connectivity index (χ2v) is 3.87. The van der Waals surface area contributed by atoms with Gasteiger partial charge < -0.3 is 26.4 Å². The van der Waals surface area contributed by atoms with Crippen molar-refractivity contribution in [2.45, 2.75) is 18.9 Å². The minimum atomic E-state index is -1.28. The number of urea groups is 1. The molecule has 1 atom stereocenters. The molecule has 0 radical (unpaired) electrons. The molecule has 0 aromatic heterocycles. The largest absolute Gasteiger partial charge is 0.480 e. The maximum absolute atomic E-state index is 11.6. The van der Waals surface area contributed by atoms with Crippen LogP contribution in [0.25, 0.3) is 0 Å². The molecule has 0 saturated heterocycles. The third-order valence-electron chi connectivity index (χ3n) is 2.28. The predicted octanol–water partition coefficient (Wildman–Crippen LogP) is -1.91. The Kier molecular flexibility index (Phi) is 6.94. The zero-order chi connectivity index (χ0) is 15.0. The third kappa shape index (κ3) is 6.86. The van der Waals surface area contributed by atoms with Gasteiger partial charge in [-0.1, -0.05) is 0 Å². The molecule has 9 heteroatoms. The number of nitrogens with one attached hydrogen (secondary N) is 2. The first-order valence-corrected chi connectivity index (χ1v) is 5.51. The summed E-state index contributed by atoms with van der Waals surface area (Å²) in [7, 11) is 2.76. The summed E-state index contributed by atoms with van der Waals surface area (Å²) in [4.78, 5) is 45.2. The summed E-state index contributed by atoms with van der Waals surface area (Å²) < 4.78 is 0. The number of nitrogens with zero attached hydrogens (tertiary/aromatic N) is 1. The van der Waals surface area contributed by atoms with E-state index in [1.54, 1.807) is 0 Å². The Hall–Kier alpha value is -2.32. The predicted molar refractivity (Wildman–Crippen MR) is 65.1 cm³/mol. The fourth-order valence-electron chi connectivity index (χ4n) is 1.17. The Morgan fingerprint density at radius 1 is 1.32 bits per heavy atom. The summed E-state index contributed by atoms with van der Waals surface area (Å²) in [5, 5.41) is 13.4. The average Bonchev–Trinajstić information content (AvgIpc) is 2.32. The van der Waals surface area contributed by atoms with E-state index in [2.05, 4.69) is 10.6 Å². The lowest BCUT2D eigenvalue weighted by molar-refractivity contribution is -0.139. The van der Waals surface area contributed by atoms with Gasteiger partial charge in [0.25, 0.3) is 0 Å². The van der Waals surface area contributed by atoms with E-state index in [0.29, 0.717) is 0 Å². The molecule has 0 unspecified atom stereocenters. The Bertz CT molecular complexity index is 371. The van der Waals surface area contributed by atoms with Gasteiger partial charge in [-0.15, -0.1) is 0 Å². The smallest absolute Gasteiger partial charge is 0.326 e. The van der Waals surface area contributed by atoms with Gasteiger partial charge in [0.2, 0.25) is 11.8 Å². The molecule has 4 amide bonds. The number of likely N-dealkylation sites (N-methyl/N-ethyl adjacent to an activating group) is 2. The van der Waals surface area contributed by atoms with E-state index < -0.39 is 23.9 Å². The lowest BCUT2D eigenvalue weighted by Crippen LogP contribution is -2.49. The molecule has 0 spiro atoms. The van der Waals surface area contributed by atoms with E-state index in [1.165, 1.54) is 14.1 Å². The van der Waals surface area contributed by atoms with Crippen molar-refractivity contribution in [3.63, 3.8) is 0 Å². The van der Waals surface area contributed by atoms with Crippen molar-refractivity contribution in [3.05, 3.63) is 0 Å². The molecular formula is C10H18N4O5. The number of carbonyl (C=O) groups excluding carboxylic acids is 3. The van der Waals surface area contributed by atoms with E-state index in [-0.39, 0.29) is 25.3 Å². The molecule has 0 bridgehead atoms. The monoisotopic (exact) mass is 274 g/mol. The van der Waals surface area contributed by atoms with Gasteiger partial charge in [0.05, 0.1) is 0 Å². The van der Waals surface area contributed by atoms with Crippen LogP contribution in [0.1, 0.15) is 12.8 Å². The number of hydrogen-bond acceptors (Lipinski definition) is 4. The van der Waals surface area contributed by atoms with Gasteiger partial charge in [-0.25, -0.2) is 9.59 Å². The number of aliphatic carboxylic acids is 1. The lowest BCUT2D eigenvalue weighted by Gasteiger charge is -2.20. The minimum absolute atomic E-state index is 0.107. The van der Waals surface area contributed by atoms with Gasteiger partial charge in [-0.3, -0.25) is 9.59 Å². The Morgan fingerprint density at radius 3 is 2.32 bits per heavy atom. The van der Waals surface area contributed by atoms with Crippen LogP contribution in [-0.2, 0) is 14.4 Å². The van der Waals surface area contributed by atoms with Crippen molar-refractivity contribution >= 4 is 23.8 Å². The van der Waals surface area contributed by atoms with Gasteiger partial charge in [0.1, 0.15) is 12.6 Å². The molecule has 0 fully saturated rings. The van der Waals surface area contributed by atoms with E-state index in [1.807, 2.05) is 0 Å². The third-order valence-corrected chi connectivity index (χ3v) is 2.28. The summed E-state index contributed by atoms with van der Waals surface area (Å²) in [6.45, 7) is -0.204. The number of hydrogen-bond donors (Lipinski definition) is 4. The Morgan fingerprint density at radius 2 is 1.89 bits per heavy atom. The highest BCUT2D eigenvalue weighted by atomic mass is 16.4. The molecule has 0 aromatic rings. The average molecular weight is 274 g/mol. The SMILES string of the molecule is CNC(=O)CN(C)C(=O)N[C@H](CCC(N)=O)C(=O)O. The molecule has 19 heavy (non-hydrogen) atoms. The van der Waals surface area contributed by atoms with Gasteiger partial charge in [-0.05, 0) is 6.42 Å². The van der Waals surface area contributed by atoms with Crippen molar-refractivity contribution in [2.24, 2.45) is 5.73 Å². The van der Waals surface area contributed by atoms with Crippen molar-refractivity contribution in [3.8, 4) is 0 Å². The fourth-order valence-corrected chi connectivity index (χ4v) is 1.17. The van der Waals surface area contributed by atoms with Crippen LogP contribution < -0.4 is 16.4 Å². The molecule has 0 aliphatic carbocycles. The van der Waals surface area contributed by atoms with Gasteiger partial charge in [0, 0.05) is 20.5 Å². The number of nitrogens with two attached hydrogens (primary N) is 1. The van der Waals surface area contributed by atoms with E-state index in [4.69, 9.17) is 10.8 Å². The molecule has 0 aromatic carbocycles. The van der Waals surface area contributed by atoms with Gasteiger partial charge in [-0.2, -0.15) is 0 Å². The molecular weight excluding hydrogens is 256 g/mol. The Labute approximate surface area is 110 Å². The van der Waals surface area contributed by atoms with Crippen LogP contribution >= 0.6 is 0 Å². The molecule has 0 rings (SSSR count). The zero-order valence-electron chi connectivity index (χ0n) is 10.8. The topological polar surface area (TPSA) is 142 Å². The molecule has 108 valence electrons. The zero-order valence-corrected chi connectivity index (χ0v) is 10.8. The van der Waals surface area contributed by atoms with Crippen LogP contribution in [0.3, 0.4) is 0 Å². The highest BCUT2D eigenvalue weighted by molar-refractivity contribution is 5.86. The maximum atomic E-state index is 11.6. The Balaban J connectivity index is 4.41. The summed E-state index contributed by atoms with van der Waals surface area (Å²) >= 11 is 0. The van der Waals surface area contributed by atoms with Crippen molar-refractivity contribution < 1.29 is 24.3 Å². The number of rotatable bonds is 7. The van der Waals surface area contributed by atoms with E-state index in [9.17, 15) is 19.2 Å². The van der Waals surface area contributed by atoms with Crippen molar-refractivity contribution in [1.29, 1.82) is 0 Å². The number of amides is 4. The van der Waals surface area contributed by atoms with Crippen molar-refractivity contribution in [1.82, 2.24) is 15.5 Å². The first kappa shape index (κ1) is 16.7. The molecule has 9 nitrogen and oxygen atoms in total. The minimum Gasteiger partial charge on any atom is -0.480 e. The normalized spacial score (nSPS) is 11.3.